The van der Waals surface area contributed by atoms with Gasteiger partial charge in [-0.05, 0) is 23.5 Å². The Kier molecular flexibility index (Phi) is 4.16. The first-order chi connectivity index (χ1) is 7.23. The maximum atomic E-state index is 10.1. The van der Waals surface area contributed by atoms with Crippen LogP contribution in [0.5, 0.6) is 0 Å². The summed E-state index contributed by atoms with van der Waals surface area (Å²) in [5, 5.41) is 10.1. The van der Waals surface area contributed by atoms with Crippen LogP contribution in [0.25, 0.3) is 0 Å². The van der Waals surface area contributed by atoms with E-state index in [1.54, 1.807) is 11.3 Å². The van der Waals surface area contributed by atoms with Crippen molar-refractivity contribution in [3.8, 4) is 0 Å². The lowest BCUT2D eigenvalue weighted by atomic mass is 9.94. The van der Waals surface area contributed by atoms with Crippen LogP contribution in [-0.2, 0) is 5.41 Å². The molecule has 2 unspecified atom stereocenters. The molecule has 0 aliphatic rings. The summed E-state index contributed by atoms with van der Waals surface area (Å²) >= 11 is 1.66. The number of aliphatic hydroxyl groups excluding tert-OH is 1. The molecule has 0 bridgehead atoms. The smallest absolute Gasteiger partial charge is 0.103 e. The van der Waals surface area contributed by atoms with Crippen LogP contribution in [0.15, 0.2) is 12.1 Å². The average molecular weight is 241 g/mol. The van der Waals surface area contributed by atoms with E-state index in [9.17, 15) is 5.11 Å². The van der Waals surface area contributed by atoms with Gasteiger partial charge in [0.25, 0.3) is 0 Å². The summed E-state index contributed by atoms with van der Waals surface area (Å²) in [6, 6.07) is 3.90. The lowest BCUT2D eigenvalue weighted by Gasteiger charge is -2.21. The van der Waals surface area contributed by atoms with Crippen LogP contribution in [0, 0.1) is 5.92 Å². The van der Waals surface area contributed by atoms with Gasteiger partial charge < -0.3 is 10.8 Å². The molecule has 3 heteroatoms. The minimum atomic E-state index is -0.541. The van der Waals surface area contributed by atoms with Crippen molar-refractivity contribution in [1.82, 2.24) is 0 Å². The van der Waals surface area contributed by atoms with Gasteiger partial charge in [0.1, 0.15) is 6.10 Å². The molecule has 0 saturated heterocycles. The molecule has 3 N–H and O–H groups in total. The molecule has 1 heterocycles. The summed E-state index contributed by atoms with van der Waals surface area (Å²) in [6.45, 7) is 10.6. The Morgan fingerprint density at radius 2 is 1.81 bits per heavy atom. The fourth-order valence-corrected chi connectivity index (χ4v) is 2.58. The standard InChI is InChI=1S/C13H23NOS/c1-8(2)11(14)12(15)9-6-7-10(16-9)13(3,4)5/h6-8,11-12,15H,14H2,1-5H3. The summed E-state index contributed by atoms with van der Waals surface area (Å²) in [4.78, 5) is 2.27. The Labute approximate surface area is 102 Å². The lowest BCUT2D eigenvalue weighted by molar-refractivity contribution is 0.129. The molecule has 92 valence electrons. The normalized spacial score (nSPS) is 16.5. The average Bonchev–Trinajstić information content (AvgIpc) is 2.63. The van der Waals surface area contributed by atoms with Gasteiger partial charge in [0.15, 0.2) is 0 Å². The molecule has 0 amide bonds. The van der Waals surface area contributed by atoms with Crippen molar-refractivity contribution < 1.29 is 5.11 Å². The zero-order chi connectivity index (χ0) is 12.5. The molecular weight excluding hydrogens is 218 g/mol. The SMILES string of the molecule is CC(C)C(N)C(O)c1ccc(C(C)(C)C)s1. The van der Waals surface area contributed by atoms with Gasteiger partial charge in [0.2, 0.25) is 0 Å². The van der Waals surface area contributed by atoms with Gasteiger partial charge in [0, 0.05) is 15.8 Å². The van der Waals surface area contributed by atoms with Gasteiger partial charge >= 0.3 is 0 Å². The number of nitrogens with two attached hydrogens (primary N) is 1. The number of thiophene rings is 1. The van der Waals surface area contributed by atoms with E-state index in [1.165, 1.54) is 4.88 Å². The maximum absolute atomic E-state index is 10.1. The molecular formula is C13H23NOS. The first-order valence-electron chi connectivity index (χ1n) is 5.77. The van der Waals surface area contributed by atoms with Crippen molar-refractivity contribution in [2.75, 3.05) is 0 Å². The van der Waals surface area contributed by atoms with Crippen molar-refractivity contribution in [2.24, 2.45) is 11.7 Å². The number of hydrogen-bond donors (Lipinski definition) is 2. The first-order valence-corrected chi connectivity index (χ1v) is 6.59. The van der Waals surface area contributed by atoms with Crippen LogP contribution < -0.4 is 5.73 Å². The zero-order valence-electron chi connectivity index (χ0n) is 10.8. The van der Waals surface area contributed by atoms with E-state index >= 15 is 0 Å². The predicted octanol–water partition coefficient (Wildman–Crippen LogP) is 3.06. The van der Waals surface area contributed by atoms with Crippen LogP contribution in [0.3, 0.4) is 0 Å². The van der Waals surface area contributed by atoms with Crippen LogP contribution in [-0.4, -0.2) is 11.1 Å². The van der Waals surface area contributed by atoms with Gasteiger partial charge in [-0.3, -0.25) is 0 Å². The van der Waals surface area contributed by atoms with Crippen molar-refractivity contribution in [3.05, 3.63) is 21.9 Å². The molecule has 0 aliphatic heterocycles. The number of hydrogen-bond acceptors (Lipinski definition) is 3. The van der Waals surface area contributed by atoms with E-state index in [0.717, 1.165) is 4.88 Å². The summed E-state index contributed by atoms with van der Waals surface area (Å²) in [5.74, 6) is 0.287. The van der Waals surface area contributed by atoms with E-state index in [4.69, 9.17) is 5.73 Å². The van der Waals surface area contributed by atoms with E-state index in [-0.39, 0.29) is 17.4 Å². The monoisotopic (exact) mass is 241 g/mol. The Morgan fingerprint density at radius 3 is 2.19 bits per heavy atom. The molecule has 0 saturated carbocycles. The third kappa shape index (κ3) is 3.06. The molecule has 2 atom stereocenters. The Hall–Kier alpha value is -0.380. The van der Waals surface area contributed by atoms with Crippen LogP contribution >= 0.6 is 11.3 Å². The fourth-order valence-electron chi connectivity index (χ4n) is 1.47. The quantitative estimate of drug-likeness (QED) is 0.854. The molecule has 0 fully saturated rings. The highest BCUT2D eigenvalue weighted by atomic mass is 32.1. The largest absolute Gasteiger partial charge is 0.386 e. The van der Waals surface area contributed by atoms with Crippen LogP contribution in [0.4, 0.5) is 0 Å². The molecule has 0 aromatic carbocycles. The Morgan fingerprint density at radius 1 is 1.25 bits per heavy atom. The molecule has 16 heavy (non-hydrogen) atoms. The second-order valence-corrected chi connectivity index (χ2v) is 6.83. The van der Waals surface area contributed by atoms with Gasteiger partial charge in [0.05, 0.1) is 0 Å². The molecule has 2 nitrogen and oxygen atoms in total. The minimum Gasteiger partial charge on any atom is -0.386 e. The Bertz CT molecular complexity index is 338. The highest BCUT2D eigenvalue weighted by Crippen LogP contribution is 2.33. The van der Waals surface area contributed by atoms with E-state index in [1.807, 2.05) is 19.9 Å². The first kappa shape index (κ1) is 13.7. The fraction of sp³-hybridized carbons (Fsp3) is 0.692. The molecule has 0 spiro atoms. The van der Waals surface area contributed by atoms with Crippen molar-refractivity contribution in [2.45, 2.75) is 52.2 Å². The van der Waals surface area contributed by atoms with Crippen molar-refractivity contribution in [1.29, 1.82) is 0 Å². The second kappa shape index (κ2) is 4.86. The summed E-state index contributed by atoms with van der Waals surface area (Å²) in [5.41, 5.74) is 6.11. The van der Waals surface area contributed by atoms with Gasteiger partial charge in [-0.1, -0.05) is 34.6 Å². The minimum absolute atomic E-state index is 0.143. The zero-order valence-corrected chi connectivity index (χ0v) is 11.6. The summed E-state index contributed by atoms with van der Waals surface area (Å²) < 4.78 is 0. The second-order valence-electron chi connectivity index (χ2n) is 5.72. The lowest BCUT2D eigenvalue weighted by Crippen LogP contribution is -2.33. The van der Waals surface area contributed by atoms with Gasteiger partial charge in [-0.25, -0.2) is 0 Å². The molecule has 1 rings (SSSR count). The Balaban J connectivity index is 2.86. The molecule has 0 aliphatic carbocycles. The van der Waals surface area contributed by atoms with E-state index < -0.39 is 6.10 Å². The predicted molar refractivity (Wildman–Crippen MR) is 70.8 cm³/mol. The van der Waals surface area contributed by atoms with E-state index in [2.05, 4.69) is 26.8 Å². The van der Waals surface area contributed by atoms with Crippen LogP contribution in [0.1, 0.15) is 50.5 Å². The topological polar surface area (TPSA) is 46.2 Å². The molecule has 1 aromatic heterocycles. The van der Waals surface area contributed by atoms with Gasteiger partial charge in [-0.2, -0.15) is 0 Å². The highest BCUT2D eigenvalue weighted by Gasteiger charge is 2.23. The third-order valence-corrected chi connectivity index (χ3v) is 4.37. The highest BCUT2D eigenvalue weighted by molar-refractivity contribution is 7.12. The van der Waals surface area contributed by atoms with E-state index in [0.29, 0.717) is 0 Å². The number of rotatable bonds is 3. The summed E-state index contributed by atoms with van der Waals surface area (Å²) in [6.07, 6.45) is -0.541. The number of aliphatic hydroxyl groups is 1. The molecule has 1 aromatic rings. The summed E-state index contributed by atoms with van der Waals surface area (Å²) in [7, 11) is 0. The molecule has 0 radical (unpaired) electrons. The van der Waals surface area contributed by atoms with Crippen molar-refractivity contribution >= 4 is 11.3 Å². The maximum Gasteiger partial charge on any atom is 0.103 e. The van der Waals surface area contributed by atoms with Crippen molar-refractivity contribution in [3.63, 3.8) is 0 Å². The van der Waals surface area contributed by atoms with Crippen LogP contribution in [0.2, 0.25) is 0 Å². The third-order valence-electron chi connectivity index (χ3n) is 2.79. The van der Waals surface area contributed by atoms with Gasteiger partial charge in [-0.15, -0.1) is 11.3 Å².